The molecule has 1 heterocycles. The molecule has 5 nitrogen and oxygen atoms in total. The number of amides is 1. The van der Waals surface area contributed by atoms with Gasteiger partial charge in [0.25, 0.3) is 0 Å². The number of anilines is 1. The van der Waals surface area contributed by atoms with Gasteiger partial charge < -0.3 is 11.1 Å². The molecular formula is C10H15ClN4O. The Morgan fingerprint density at radius 1 is 1.56 bits per heavy atom. The van der Waals surface area contributed by atoms with Crippen molar-refractivity contribution in [1.82, 2.24) is 9.97 Å². The van der Waals surface area contributed by atoms with Gasteiger partial charge in [0, 0.05) is 6.20 Å². The van der Waals surface area contributed by atoms with E-state index in [0.717, 1.165) is 0 Å². The SMILES string of the molecule is CC(C)(C)[C@@H](N)C(=O)Nc1ccnc(Cl)n1. The number of halogens is 1. The quantitative estimate of drug-likeness (QED) is 0.769. The van der Waals surface area contributed by atoms with Crippen LogP contribution in [0.2, 0.25) is 5.28 Å². The molecule has 0 aromatic carbocycles. The molecule has 0 fully saturated rings. The number of nitrogens with zero attached hydrogens (tertiary/aromatic N) is 2. The molecule has 16 heavy (non-hydrogen) atoms. The zero-order chi connectivity index (χ0) is 12.3. The highest BCUT2D eigenvalue weighted by Crippen LogP contribution is 2.18. The minimum Gasteiger partial charge on any atom is -0.319 e. The molecule has 88 valence electrons. The summed E-state index contributed by atoms with van der Waals surface area (Å²) in [5.41, 5.74) is 5.49. The van der Waals surface area contributed by atoms with Gasteiger partial charge in [-0.15, -0.1) is 0 Å². The predicted octanol–water partition coefficient (Wildman–Crippen LogP) is 1.44. The van der Waals surface area contributed by atoms with Crippen LogP contribution in [0.3, 0.4) is 0 Å². The number of nitrogens with two attached hydrogens (primary N) is 1. The van der Waals surface area contributed by atoms with E-state index in [2.05, 4.69) is 15.3 Å². The molecule has 1 atom stereocenters. The van der Waals surface area contributed by atoms with E-state index >= 15 is 0 Å². The fourth-order valence-corrected chi connectivity index (χ4v) is 1.15. The molecule has 3 N–H and O–H groups in total. The Kier molecular flexibility index (Phi) is 3.83. The normalized spacial score (nSPS) is 13.3. The van der Waals surface area contributed by atoms with E-state index in [1.165, 1.54) is 6.20 Å². The Morgan fingerprint density at radius 2 is 2.19 bits per heavy atom. The second-order valence-electron chi connectivity index (χ2n) is 4.54. The molecule has 0 spiro atoms. The van der Waals surface area contributed by atoms with Crippen LogP contribution in [0.25, 0.3) is 0 Å². The van der Waals surface area contributed by atoms with Crippen molar-refractivity contribution in [3.8, 4) is 0 Å². The largest absolute Gasteiger partial charge is 0.319 e. The fraction of sp³-hybridized carbons (Fsp3) is 0.500. The lowest BCUT2D eigenvalue weighted by Crippen LogP contribution is -2.45. The Morgan fingerprint density at radius 3 is 2.69 bits per heavy atom. The first-order valence-electron chi connectivity index (χ1n) is 4.85. The first-order chi connectivity index (χ1) is 7.30. The molecular weight excluding hydrogens is 228 g/mol. The molecule has 0 radical (unpaired) electrons. The summed E-state index contributed by atoms with van der Waals surface area (Å²) in [4.78, 5) is 19.3. The molecule has 0 saturated carbocycles. The maximum atomic E-state index is 11.7. The monoisotopic (exact) mass is 242 g/mol. The van der Waals surface area contributed by atoms with Crippen LogP contribution in [-0.4, -0.2) is 21.9 Å². The third kappa shape index (κ3) is 3.43. The van der Waals surface area contributed by atoms with Gasteiger partial charge in [-0.05, 0) is 23.1 Å². The lowest BCUT2D eigenvalue weighted by Gasteiger charge is -2.25. The Balaban J connectivity index is 2.72. The van der Waals surface area contributed by atoms with Gasteiger partial charge in [-0.3, -0.25) is 4.79 Å². The van der Waals surface area contributed by atoms with Crippen molar-refractivity contribution in [2.45, 2.75) is 26.8 Å². The molecule has 1 aromatic heterocycles. The lowest BCUT2D eigenvalue weighted by molar-refractivity contribution is -0.119. The van der Waals surface area contributed by atoms with E-state index in [1.54, 1.807) is 6.07 Å². The molecule has 0 unspecified atom stereocenters. The number of nitrogens with one attached hydrogen (secondary N) is 1. The molecule has 0 aliphatic rings. The van der Waals surface area contributed by atoms with Crippen LogP contribution in [0.5, 0.6) is 0 Å². The van der Waals surface area contributed by atoms with Gasteiger partial charge in [-0.25, -0.2) is 9.97 Å². The maximum Gasteiger partial charge on any atom is 0.242 e. The van der Waals surface area contributed by atoms with Crippen molar-refractivity contribution in [2.75, 3.05) is 5.32 Å². The third-order valence-electron chi connectivity index (χ3n) is 2.09. The summed E-state index contributed by atoms with van der Waals surface area (Å²) in [5, 5.41) is 2.67. The van der Waals surface area contributed by atoms with Crippen molar-refractivity contribution >= 4 is 23.3 Å². The summed E-state index contributed by atoms with van der Waals surface area (Å²) >= 11 is 5.59. The van der Waals surface area contributed by atoms with Gasteiger partial charge >= 0.3 is 0 Å². The van der Waals surface area contributed by atoms with Gasteiger partial charge in [0.05, 0.1) is 6.04 Å². The molecule has 0 aliphatic heterocycles. The van der Waals surface area contributed by atoms with Gasteiger partial charge in [-0.2, -0.15) is 0 Å². The van der Waals surface area contributed by atoms with E-state index in [4.69, 9.17) is 17.3 Å². The first-order valence-corrected chi connectivity index (χ1v) is 5.23. The van der Waals surface area contributed by atoms with E-state index in [-0.39, 0.29) is 16.6 Å². The van der Waals surface area contributed by atoms with E-state index in [0.29, 0.717) is 5.82 Å². The van der Waals surface area contributed by atoms with Crippen molar-refractivity contribution in [3.63, 3.8) is 0 Å². The smallest absolute Gasteiger partial charge is 0.242 e. The summed E-state index contributed by atoms with van der Waals surface area (Å²) in [7, 11) is 0. The van der Waals surface area contributed by atoms with Gasteiger partial charge in [-0.1, -0.05) is 20.8 Å². The molecule has 0 saturated heterocycles. The molecule has 0 bridgehead atoms. The second kappa shape index (κ2) is 4.76. The highest BCUT2D eigenvalue weighted by molar-refractivity contribution is 6.28. The standard InChI is InChI=1S/C10H15ClN4O/c1-10(2,3)7(12)8(16)14-6-4-5-13-9(11)15-6/h4-5,7H,12H2,1-3H3,(H,13,14,15,16)/t7-/m0/s1. The number of aromatic nitrogens is 2. The number of carbonyl (C=O) groups is 1. The lowest BCUT2D eigenvalue weighted by atomic mass is 9.87. The zero-order valence-electron chi connectivity index (χ0n) is 9.49. The van der Waals surface area contributed by atoms with Crippen molar-refractivity contribution in [1.29, 1.82) is 0 Å². The van der Waals surface area contributed by atoms with Crippen molar-refractivity contribution < 1.29 is 4.79 Å². The van der Waals surface area contributed by atoms with E-state index < -0.39 is 6.04 Å². The number of hydrogen-bond donors (Lipinski definition) is 2. The number of rotatable bonds is 2. The molecule has 0 aliphatic carbocycles. The highest BCUT2D eigenvalue weighted by Gasteiger charge is 2.27. The van der Waals surface area contributed by atoms with Crippen LogP contribution in [0, 0.1) is 5.41 Å². The van der Waals surface area contributed by atoms with Crippen LogP contribution < -0.4 is 11.1 Å². The number of carbonyl (C=O) groups excluding carboxylic acids is 1. The predicted molar refractivity (Wildman–Crippen MR) is 63.1 cm³/mol. The Bertz CT molecular complexity index is 389. The average molecular weight is 243 g/mol. The fourth-order valence-electron chi connectivity index (χ4n) is 1.00. The maximum absolute atomic E-state index is 11.7. The second-order valence-corrected chi connectivity index (χ2v) is 4.88. The first kappa shape index (κ1) is 12.9. The highest BCUT2D eigenvalue weighted by atomic mass is 35.5. The van der Waals surface area contributed by atoms with E-state index in [9.17, 15) is 4.79 Å². The minimum absolute atomic E-state index is 0.0853. The zero-order valence-corrected chi connectivity index (χ0v) is 10.2. The molecule has 1 rings (SSSR count). The van der Waals surface area contributed by atoms with Crippen molar-refractivity contribution in [3.05, 3.63) is 17.5 Å². The van der Waals surface area contributed by atoms with Crippen LogP contribution >= 0.6 is 11.6 Å². The molecule has 1 aromatic rings. The number of hydrogen-bond acceptors (Lipinski definition) is 4. The van der Waals surface area contributed by atoms with Crippen LogP contribution in [0.15, 0.2) is 12.3 Å². The van der Waals surface area contributed by atoms with Crippen LogP contribution in [0.1, 0.15) is 20.8 Å². The Hall–Kier alpha value is -1.20. The summed E-state index contributed by atoms with van der Waals surface area (Å²) in [6.07, 6.45) is 1.47. The van der Waals surface area contributed by atoms with Crippen LogP contribution in [-0.2, 0) is 4.79 Å². The summed E-state index contributed by atoms with van der Waals surface area (Å²) < 4.78 is 0. The third-order valence-corrected chi connectivity index (χ3v) is 2.28. The van der Waals surface area contributed by atoms with Gasteiger partial charge in [0.15, 0.2) is 0 Å². The minimum atomic E-state index is -0.610. The Labute approximate surface area is 99.4 Å². The molecule has 6 heteroatoms. The van der Waals surface area contributed by atoms with Crippen molar-refractivity contribution in [2.24, 2.45) is 11.1 Å². The summed E-state index contributed by atoms with van der Waals surface area (Å²) in [6, 6.07) is 0.945. The summed E-state index contributed by atoms with van der Waals surface area (Å²) in [5.74, 6) is 0.0620. The van der Waals surface area contributed by atoms with Gasteiger partial charge in [0.1, 0.15) is 5.82 Å². The summed E-state index contributed by atoms with van der Waals surface area (Å²) in [6.45, 7) is 5.68. The van der Waals surface area contributed by atoms with E-state index in [1.807, 2.05) is 20.8 Å². The topological polar surface area (TPSA) is 80.9 Å². The van der Waals surface area contributed by atoms with Crippen LogP contribution in [0.4, 0.5) is 5.82 Å². The average Bonchev–Trinajstić information content (AvgIpc) is 2.15. The van der Waals surface area contributed by atoms with Gasteiger partial charge in [0.2, 0.25) is 11.2 Å². The molecule has 1 amide bonds.